The van der Waals surface area contributed by atoms with Gasteiger partial charge in [-0.2, -0.15) is 0 Å². The summed E-state index contributed by atoms with van der Waals surface area (Å²) >= 11 is 0. The lowest BCUT2D eigenvalue weighted by molar-refractivity contribution is -0.00625. The van der Waals surface area contributed by atoms with E-state index >= 15 is 0 Å². The van der Waals surface area contributed by atoms with Gasteiger partial charge in [-0.15, -0.1) is 0 Å². The third-order valence-corrected chi connectivity index (χ3v) is 4.36. The molecule has 2 heterocycles. The molecule has 82 valence electrons. The van der Waals surface area contributed by atoms with Crippen LogP contribution in [0.4, 0.5) is 0 Å². The van der Waals surface area contributed by atoms with Crippen LogP contribution in [0, 0.1) is 23.7 Å². The summed E-state index contributed by atoms with van der Waals surface area (Å²) in [6.07, 6.45) is 1.40. The van der Waals surface area contributed by atoms with Crippen LogP contribution in [0.3, 0.4) is 0 Å². The Balaban J connectivity index is 1.79. The highest BCUT2D eigenvalue weighted by atomic mass is 15.2. The van der Waals surface area contributed by atoms with E-state index in [-0.39, 0.29) is 0 Å². The molecular formula is C12H24N2. The van der Waals surface area contributed by atoms with E-state index in [1.54, 1.807) is 0 Å². The molecule has 3 fully saturated rings. The fourth-order valence-corrected chi connectivity index (χ4v) is 2.79. The Bertz CT molecular complexity index is 190. The van der Waals surface area contributed by atoms with Gasteiger partial charge in [-0.1, -0.05) is 20.8 Å². The fourth-order valence-electron chi connectivity index (χ4n) is 2.79. The maximum atomic E-state index is 6.05. The molecule has 0 amide bonds. The average molecular weight is 196 g/mol. The molecule has 0 aromatic rings. The number of nitrogens with two attached hydrogens (primary N) is 1. The first-order valence-corrected chi connectivity index (χ1v) is 6.06. The highest BCUT2D eigenvalue weighted by Gasteiger charge is 2.44. The molecule has 0 aromatic carbocycles. The molecule has 2 heteroatoms. The van der Waals surface area contributed by atoms with Crippen molar-refractivity contribution in [2.45, 2.75) is 33.2 Å². The molecule has 2 nitrogen and oxygen atoms in total. The summed E-state index contributed by atoms with van der Waals surface area (Å²) < 4.78 is 0. The molecule has 1 aliphatic carbocycles. The number of hydrogen-bond donors (Lipinski definition) is 1. The number of piperidine rings is 2. The lowest BCUT2D eigenvalue weighted by Crippen LogP contribution is -2.62. The van der Waals surface area contributed by atoms with Crippen molar-refractivity contribution in [1.29, 1.82) is 0 Å². The molecule has 0 spiro atoms. The quantitative estimate of drug-likeness (QED) is 0.742. The predicted octanol–water partition coefficient (Wildman–Crippen LogP) is 1.56. The summed E-state index contributed by atoms with van der Waals surface area (Å²) in [4.78, 5) is 2.63. The largest absolute Gasteiger partial charge is 0.327 e. The summed E-state index contributed by atoms with van der Waals surface area (Å²) in [6, 6.07) is 0.528. The van der Waals surface area contributed by atoms with Gasteiger partial charge in [0, 0.05) is 25.7 Å². The first-order valence-electron chi connectivity index (χ1n) is 6.06. The van der Waals surface area contributed by atoms with Gasteiger partial charge in [0.15, 0.2) is 0 Å². The van der Waals surface area contributed by atoms with Crippen molar-refractivity contribution in [2.75, 3.05) is 19.6 Å². The zero-order valence-corrected chi connectivity index (χ0v) is 9.74. The van der Waals surface area contributed by atoms with E-state index in [4.69, 9.17) is 5.73 Å². The highest BCUT2D eigenvalue weighted by molar-refractivity contribution is 4.99. The summed E-state index contributed by atoms with van der Waals surface area (Å²) in [5.41, 5.74) is 6.05. The van der Waals surface area contributed by atoms with Crippen molar-refractivity contribution in [3.8, 4) is 0 Å². The second-order valence-corrected chi connectivity index (χ2v) is 5.77. The van der Waals surface area contributed by atoms with Crippen LogP contribution in [0.25, 0.3) is 0 Å². The van der Waals surface area contributed by atoms with E-state index in [0.29, 0.717) is 6.04 Å². The van der Waals surface area contributed by atoms with Crippen molar-refractivity contribution in [3.63, 3.8) is 0 Å². The lowest BCUT2D eigenvalue weighted by atomic mass is 9.66. The lowest BCUT2D eigenvalue weighted by Gasteiger charge is -2.52. The minimum atomic E-state index is 0.528. The summed E-state index contributed by atoms with van der Waals surface area (Å²) in [5.74, 6) is 3.26. The SMILES string of the molecule is CC(C)C(C)CN1CC2CC(C1)C2N. The average Bonchev–Trinajstić information content (AvgIpc) is 2.17. The normalized spacial score (nSPS) is 39.6. The van der Waals surface area contributed by atoms with Crippen LogP contribution in [-0.2, 0) is 0 Å². The van der Waals surface area contributed by atoms with Gasteiger partial charge in [-0.05, 0) is 30.1 Å². The van der Waals surface area contributed by atoms with Crippen molar-refractivity contribution in [2.24, 2.45) is 29.4 Å². The Hall–Kier alpha value is -0.0800. The molecule has 0 aromatic heterocycles. The molecule has 0 radical (unpaired) electrons. The van der Waals surface area contributed by atoms with Crippen LogP contribution < -0.4 is 5.73 Å². The highest BCUT2D eigenvalue weighted by Crippen LogP contribution is 2.38. The zero-order valence-electron chi connectivity index (χ0n) is 9.74. The molecule has 14 heavy (non-hydrogen) atoms. The topological polar surface area (TPSA) is 29.3 Å². The molecule has 3 unspecified atom stereocenters. The van der Waals surface area contributed by atoms with Crippen LogP contribution in [0.5, 0.6) is 0 Å². The molecule has 3 atom stereocenters. The molecule has 2 N–H and O–H groups in total. The molecule has 2 aliphatic heterocycles. The van der Waals surface area contributed by atoms with Gasteiger partial charge in [-0.3, -0.25) is 0 Å². The first kappa shape index (κ1) is 10.4. The fraction of sp³-hybridized carbons (Fsp3) is 1.00. The maximum Gasteiger partial charge on any atom is 0.0120 e. The van der Waals surface area contributed by atoms with E-state index in [2.05, 4.69) is 25.7 Å². The maximum absolute atomic E-state index is 6.05. The smallest absolute Gasteiger partial charge is 0.0120 e. The van der Waals surface area contributed by atoms with E-state index in [1.165, 1.54) is 26.1 Å². The van der Waals surface area contributed by atoms with Crippen LogP contribution in [-0.4, -0.2) is 30.6 Å². The van der Waals surface area contributed by atoms with Crippen LogP contribution in [0.15, 0.2) is 0 Å². The van der Waals surface area contributed by atoms with Gasteiger partial charge in [0.25, 0.3) is 0 Å². The van der Waals surface area contributed by atoms with Crippen molar-refractivity contribution in [1.82, 2.24) is 4.90 Å². The van der Waals surface area contributed by atoms with E-state index in [9.17, 15) is 0 Å². The Kier molecular flexibility index (Phi) is 2.85. The minimum Gasteiger partial charge on any atom is -0.327 e. The Labute approximate surface area is 87.8 Å². The molecule has 2 bridgehead atoms. The number of nitrogens with zero attached hydrogens (tertiary/aromatic N) is 1. The summed E-state index contributed by atoms with van der Waals surface area (Å²) in [6.45, 7) is 10.8. The standard InChI is InChI=1S/C12H24N2/c1-8(2)9(3)5-14-6-10-4-11(7-14)12(10)13/h8-12H,4-7,13H2,1-3H3. The predicted molar refractivity (Wildman–Crippen MR) is 60.0 cm³/mol. The number of rotatable bonds is 3. The van der Waals surface area contributed by atoms with E-state index in [1.807, 2.05) is 0 Å². The second-order valence-electron chi connectivity index (χ2n) is 5.77. The van der Waals surface area contributed by atoms with Crippen molar-refractivity contribution in [3.05, 3.63) is 0 Å². The van der Waals surface area contributed by atoms with Gasteiger partial charge in [0.05, 0.1) is 0 Å². The van der Waals surface area contributed by atoms with E-state index in [0.717, 1.165) is 23.7 Å². The van der Waals surface area contributed by atoms with E-state index < -0.39 is 0 Å². The molecule has 2 saturated heterocycles. The number of fused-ring (bicyclic) bond motifs is 2. The third-order valence-electron chi connectivity index (χ3n) is 4.36. The van der Waals surface area contributed by atoms with Gasteiger partial charge < -0.3 is 10.6 Å². The van der Waals surface area contributed by atoms with Crippen molar-refractivity contribution >= 4 is 0 Å². The van der Waals surface area contributed by atoms with Crippen LogP contribution in [0.2, 0.25) is 0 Å². The van der Waals surface area contributed by atoms with Crippen LogP contribution >= 0.6 is 0 Å². The molecule has 1 saturated carbocycles. The minimum absolute atomic E-state index is 0.528. The monoisotopic (exact) mass is 196 g/mol. The molecule has 3 rings (SSSR count). The third kappa shape index (κ3) is 1.82. The van der Waals surface area contributed by atoms with Gasteiger partial charge >= 0.3 is 0 Å². The zero-order chi connectivity index (χ0) is 10.3. The van der Waals surface area contributed by atoms with Crippen LogP contribution in [0.1, 0.15) is 27.2 Å². The Morgan fingerprint density at radius 3 is 2.21 bits per heavy atom. The second kappa shape index (κ2) is 3.82. The summed E-state index contributed by atoms with van der Waals surface area (Å²) in [5, 5.41) is 0. The Morgan fingerprint density at radius 2 is 1.79 bits per heavy atom. The van der Waals surface area contributed by atoms with Crippen molar-refractivity contribution < 1.29 is 0 Å². The molecule has 3 aliphatic rings. The van der Waals surface area contributed by atoms with Gasteiger partial charge in [-0.25, -0.2) is 0 Å². The van der Waals surface area contributed by atoms with Gasteiger partial charge in [0.1, 0.15) is 0 Å². The van der Waals surface area contributed by atoms with Gasteiger partial charge in [0.2, 0.25) is 0 Å². The summed E-state index contributed by atoms with van der Waals surface area (Å²) in [7, 11) is 0. The Morgan fingerprint density at radius 1 is 1.21 bits per heavy atom. The first-order chi connectivity index (χ1) is 6.58. The number of hydrogen-bond acceptors (Lipinski definition) is 2. The molecular weight excluding hydrogens is 172 g/mol.